The van der Waals surface area contributed by atoms with Gasteiger partial charge in [-0.15, -0.1) is 0 Å². The van der Waals surface area contributed by atoms with E-state index in [1.165, 1.54) is 0 Å². The molecule has 0 radical (unpaired) electrons. The van der Waals surface area contributed by atoms with Crippen LogP contribution in [0, 0.1) is 0 Å². The first-order valence-corrected chi connectivity index (χ1v) is 9.49. The molecule has 0 spiro atoms. The average molecular weight is 438 g/mol. The monoisotopic (exact) mass is 436 g/mol. The Morgan fingerprint density at radius 1 is 1.31 bits per heavy atom. The van der Waals surface area contributed by atoms with Crippen molar-refractivity contribution in [1.29, 1.82) is 0 Å². The first-order valence-electron chi connectivity index (χ1n) is 8.32. The number of rotatable bonds is 5. The van der Waals surface area contributed by atoms with E-state index in [4.69, 9.17) is 16.3 Å². The van der Waals surface area contributed by atoms with Gasteiger partial charge in [-0.05, 0) is 49.2 Å². The van der Waals surface area contributed by atoms with Crippen molar-refractivity contribution in [2.24, 2.45) is 0 Å². The Morgan fingerprint density at radius 3 is 2.92 bits per heavy atom. The summed E-state index contributed by atoms with van der Waals surface area (Å²) in [5.41, 5.74) is 0.490. The van der Waals surface area contributed by atoms with E-state index >= 15 is 0 Å². The number of nitrogens with one attached hydrogen (secondary N) is 2. The summed E-state index contributed by atoms with van der Waals surface area (Å²) in [5, 5.41) is 6.17. The van der Waals surface area contributed by atoms with Gasteiger partial charge < -0.3 is 15.4 Å². The minimum Gasteiger partial charge on any atom is -0.455 e. The zero-order chi connectivity index (χ0) is 18.5. The van der Waals surface area contributed by atoms with Crippen LogP contribution in [0.3, 0.4) is 0 Å². The minimum absolute atomic E-state index is 0.00418. The van der Waals surface area contributed by atoms with E-state index in [9.17, 15) is 9.59 Å². The first kappa shape index (κ1) is 18.7. The van der Waals surface area contributed by atoms with Crippen molar-refractivity contribution < 1.29 is 14.3 Å². The normalized spacial score (nSPS) is 16.7. The second-order valence-corrected chi connectivity index (χ2v) is 7.46. The van der Waals surface area contributed by atoms with Crippen LogP contribution >= 0.6 is 27.5 Å². The molecule has 7 heteroatoms. The maximum Gasteiger partial charge on any atom is 0.226 e. The second-order valence-electron chi connectivity index (χ2n) is 6.11. The Balaban J connectivity index is 1.71. The summed E-state index contributed by atoms with van der Waals surface area (Å²) in [6, 6.07) is 12.3. The number of benzene rings is 2. The largest absolute Gasteiger partial charge is 0.455 e. The lowest BCUT2D eigenvalue weighted by Crippen LogP contribution is -2.40. The fourth-order valence-electron chi connectivity index (χ4n) is 2.81. The van der Waals surface area contributed by atoms with Crippen molar-refractivity contribution in [2.75, 3.05) is 5.32 Å². The van der Waals surface area contributed by atoms with Crippen LogP contribution in [0.4, 0.5) is 5.69 Å². The van der Waals surface area contributed by atoms with Gasteiger partial charge in [-0.25, -0.2) is 0 Å². The van der Waals surface area contributed by atoms with E-state index in [1.54, 1.807) is 18.2 Å². The molecule has 1 unspecified atom stereocenters. The topological polar surface area (TPSA) is 67.4 Å². The summed E-state index contributed by atoms with van der Waals surface area (Å²) >= 11 is 9.47. The van der Waals surface area contributed by atoms with E-state index < -0.39 is 0 Å². The van der Waals surface area contributed by atoms with Crippen LogP contribution in [0.5, 0.6) is 11.5 Å². The highest BCUT2D eigenvalue weighted by Gasteiger charge is 2.21. The number of carbonyl (C=O) groups is 2. The lowest BCUT2D eigenvalue weighted by Gasteiger charge is -2.23. The summed E-state index contributed by atoms with van der Waals surface area (Å²) in [7, 11) is 0. The van der Waals surface area contributed by atoms with Gasteiger partial charge in [0.1, 0.15) is 5.75 Å². The molecule has 0 saturated carbocycles. The number of amides is 2. The van der Waals surface area contributed by atoms with Crippen LogP contribution in [-0.4, -0.2) is 17.9 Å². The molecule has 0 aromatic heterocycles. The van der Waals surface area contributed by atoms with Crippen molar-refractivity contribution >= 4 is 45.0 Å². The van der Waals surface area contributed by atoms with Gasteiger partial charge in [-0.1, -0.05) is 33.6 Å². The Morgan fingerprint density at radius 2 is 2.15 bits per heavy atom. The maximum absolute atomic E-state index is 12.4. The van der Waals surface area contributed by atoms with Gasteiger partial charge >= 0.3 is 0 Å². The molecule has 1 aliphatic heterocycles. The van der Waals surface area contributed by atoms with Gasteiger partial charge in [-0.2, -0.15) is 0 Å². The molecule has 0 bridgehead atoms. The molecule has 2 aromatic carbocycles. The molecule has 2 N–H and O–H groups in total. The fourth-order valence-corrected chi connectivity index (χ4v) is 3.36. The molecule has 26 heavy (non-hydrogen) atoms. The molecule has 1 saturated heterocycles. The van der Waals surface area contributed by atoms with Gasteiger partial charge in [0.2, 0.25) is 11.8 Å². The van der Waals surface area contributed by atoms with Crippen LogP contribution in [0.25, 0.3) is 0 Å². The summed E-state index contributed by atoms with van der Waals surface area (Å²) in [4.78, 5) is 23.8. The number of carbonyl (C=O) groups excluding carboxylic acids is 2. The Kier molecular flexibility index (Phi) is 6.16. The summed E-state index contributed by atoms with van der Waals surface area (Å²) in [5.74, 6) is 0.930. The highest BCUT2D eigenvalue weighted by Crippen LogP contribution is 2.33. The number of anilines is 1. The van der Waals surface area contributed by atoms with Crippen LogP contribution in [0.1, 0.15) is 25.7 Å². The van der Waals surface area contributed by atoms with Crippen molar-refractivity contribution in [3.63, 3.8) is 0 Å². The molecule has 2 amide bonds. The lowest BCUT2D eigenvalue weighted by molar-refractivity contribution is -0.124. The Bertz CT molecular complexity index is 828. The Labute approximate surface area is 165 Å². The molecular formula is C19H18BrClN2O3. The molecule has 5 nitrogen and oxygen atoms in total. The van der Waals surface area contributed by atoms with E-state index in [0.717, 1.165) is 17.3 Å². The Hall–Kier alpha value is -2.05. The lowest BCUT2D eigenvalue weighted by atomic mass is 10.0. The predicted molar refractivity (Wildman–Crippen MR) is 105 cm³/mol. The van der Waals surface area contributed by atoms with E-state index in [2.05, 4.69) is 26.6 Å². The zero-order valence-electron chi connectivity index (χ0n) is 13.9. The van der Waals surface area contributed by atoms with E-state index in [0.29, 0.717) is 28.6 Å². The highest BCUT2D eigenvalue weighted by molar-refractivity contribution is 9.10. The number of hydrogen-bond donors (Lipinski definition) is 2. The fraction of sp³-hybridized carbons (Fsp3) is 0.263. The van der Waals surface area contributed by atoms with Gasteiger partial charge in [-0.3, -0.25) is 9.59 Å². The van der Waals surface area contributed by atoms with Gasteiger partial charge in [0.05, 0.1) is 5.69 Å². The molecule has 0 aliphatic carbocycles. The summed E-state index contributed by atoms with van der Waals surface area (Å²) in [6.45, 7) is 0. The number of ether oxygens (including phenoxy) is 1. The number of halogens is 2. The molecule has 2 aromatic rings. The zero-order valence-corrected chi connectivity index (χ0v) is 16.3. The SMILES string of the molecule is O=C(CC1CCCC(=O)N1)Nc1cc(Cl)ccc1Oc1cccc(Br)c1. The molecule has 136 valence electrons. The molecule has 1 fully saturated rings. The average Bonchev–Trinajstić information content (AvgIpc) is 2.57. The third-order valence-electron chi connectivity index (χ3n) is 3.99. The minimum atomic E-state index is -0.196. The van der Waals surface area contributed by atoms with Gasteiger partial charge in [0, 0.05) is 28.4 Å². The van der Waals surface area contributed by atoms with Crippen LogP contribution in [0.2, 0.25) is 5.02 Å². The van der Waals surface area contributed by atoms with E-state index in [1.807, 2.05) is 24.3 Å². The summed E-state index contributed by atoms with van der Waals surface area (Å²) in [6.07, 6.45) is 2.35. The van der Waals surface area contributed by atoms with Crippen molar-refractivity contribution in [3.05, 3.63) is 52.0 Å². The highest BCUT2D eigenvalue weighted by atomic mass is 79.9. The third kappa shape index (κ3) is 5.22. The number of hydrogen-bond acceptors (Lipinski definition) is 3. The van der Waals surface area contributed by atoms with Crippen LogP contribution < -0.4 is 15.4 Å². The van der Waals surface area contributed by atoms with Gasteiger partial charge in [0.25, 0.3) is 0 Å². The molecule has 1 aliphatic rings. The molecule has 3 rings (SSSR count). The standard InChI is InChI=1S/C19H18BrClN2O3/c20-12-3-1-5-15(9-12)26-17-8-7-13(21)10-16(17)23-19(25)11-14-4-2-6-18(24)22-14/h1,3,5,7-10,14H,2,4,6,11H2,(H,22,24)(H,23,25). The second kappa shape index (κ2) is 8.56. The summed E-state index contributed by atoms with van der Waals surface area (Å²) < 4.78 is 6.77. The maximum atomic E-state index is 12.4. The molecular weight excluding hydrogens is 420 g/mol. The van der Waals surface area contributed by atoms with E-state index in [-0.39, 0.29) is 24.3 Å². The smallest absolute Gasteiger partial charge is 0.226 e. The molecule has 1 atom stereocenters. The van der Waals surface area contributed by atoms with Gasteiger partial charge in [0.15, 0.2) is 5.75 Å². The van der Waals surface area contributed by atoms with Crippen LogP contribution in [-0.2, 0) is 9.59 Å². The third-order valence-corrected chi connectivity index (χ3v) is 4.72. The van der Waals surface area contributed by atoms with Crippen molar-refractivity contribution in [1.82, 2.24) is 5.32 Å². The number of piperidine rings is 1. The van der Waals surface area contributed by atoms with Crippen LogP contribution in [0.15, 0.2) is 46.9 Å². The quantitative estimate of drug-likeness (QED) is 0.699. The van der Waals surface area contributed by atoms with Crippen molar-refractivity contribution in [3.8, 4) is 11.5 Å². The molecule has 1 heterocycles. The predicted octanol–water partition coefficient (Wildman–Crippen LogP) is 4.89. The van der Waals surface area contributed by atoms with Crippen molar-refractivity contribution in [2.45, 2.75) is 31.7 Å². The first-order chi connectivity index (χ1) is 12.5.